The molecule has 4 nitrogen and oxygen atoms in total. The third-order valence-electron chi connectivity index (χ3n) is 4.05. The quantitative estimate of drug-likeness (QED) is 0.622. The number of hydrogen-bond acceptors (Lipinski definition) is 4. The highest BCUT2D eigenvalue weighted by Gasteiger charge is 2.35. The molecule has 100 valence electrons. The summed E-state index contributed by atoms with van der Waals surface area (Å²) < 4.78 is 0. The van der Waals surface area contributed by atoms with Crippen molar-refractivity contribution in [2.75, 3.05) is 20.1 Å². The number of aliphatic hydroxyl groups is 1. The first-order chi connectivity index (χ1) is 8.53. The van der Waals surface area contributed by atoms with Crippen LogP contribution in [0.25, 0.3) is 0 Å². The summed E-state index contributed by atoms with van der Waals surface area (Å²) in [5.74, 6) is 5.77. The second kappa shape index (κ2) is 5.36. The van der Waals surface area contributed by atoms with Crippen LogP contribution in [0, 0.1) is 0 Å². The minimum Gasteiger partial charge on any atom is -0.385 e. The summed E-state index contributed by atoms with van der Waals surface area (Å²) in [6, 6.07) is 9.96. The summed E-state index contributed by atoms with van der Waals surface area (Å²) in [6.07, 6.45) is 1.73. The molecule has 1 aromatic carbocycles. The zero-order chi connectivity index (χ0) is 13.2. The first-order valence-electron chi connectivity index (χ1n) is 6.52. The summed E-state index contributed by atoms with van der Waals surface area (Å²) in [5, 5.41) is 12.4. The molecular weight excluding hydrogens is 226 g/mol. The van der Waals surface area contributed by atoms with Crippen molar-refractivity contribution in [2.45, 2.75) is 31.5 Å². The Morgan fingerprint density at radius 3 is 2.33 bits per heavy atom. The Labute approximate surface area is 109 Å². The monoisotopic (exact) mass is 249 g/mol. The van der Waals surface area contributed by atoms with E-state index in [0.717, 1.165) is 31.5 Å². The van der Waals surface area contributed by atoms with Crippen molar-refractivity contribution in [3.05, 3.63) is 35.9 Å². The Morgan fingerprint density at radius 2 is 1.83 bits per heavy atom. The molecule has 4 heteroatoms. The lowest BCUT2D eigenvalue weighted by atomic mass is 9.84. The molecule has 1 heterocycles. The molecule has 2 rings (SSSR count). The van der Waals surface area contributed by atoms with Crippen molar-refractivity contribution in [1.82, 2.24) is 9.91 Å². The number of hydrogen-bond donors (Lipinski definition) is 2. The van der Waals surface area contributed by atoms with E-state index >= 15 is 0 Å². The van der Waals surface area contributed by atoms with Gasteiger partial charge in [0.25, 0.3) is 0 Å². The number of likely N-dealkylation sites (tertiary alicyclic amines) is 1. The van der Waals surface area contributed by atoms with Gasteiger partial charge in [0.1, 0.15) is 0 Å². The zero-order valence-electron chi connectivity index (χ0n) is 11.2. The molecule has 0 amide bonds. The summed E-state index contributed by atoms with van der Waals surface area (Å²) in [7, 11) is 1.88. The molecule has 0 spiro atoms. The van der Waals surface area contributed by atoms with Crippen molar-refractivity contribution in [3.8, 4) is 0 Å². The average molecular weight is 249 g/mol. The Kier molecular flexibility index (Phi) is 4.02. The number of rotatable bonds is 3. The van der Waals surface area contributed by atoms with E-state index in [4.69, 9.17) is 5.84 Å². The number of nitrogens with zero attached hydrogens (tertiary/aromatic N) is 2. The number of nitrogens with two attached hydrogens (primary N) is 1. The molecule has 0 bridgehead atoms. The van der Waals surface area contributed by atoms with Crippen LogP contribution in [0.2, 0.25) is 0 Å². The standard InChI is InChI=1S/C14H23N3O/c1-12(16(2)15)17-10-8-14(18,9-11-17)13-6-4-3-5-7-13/h3-7,12,18H,8-11,15H2,1-2H3. The predicted octanol–water partition coefficient (Wildman–Crippen LogP) is 1.12. The Bertz CT molecular complexity index is 372. The predicted molar refractivity (Wildman–Crippen MR) is 72.6 cm³/mol. The van der Waals surface area contributed by atoms with Gasteiger partial charge in [0, 0.05) is 20.1 Å². The topological polar surface area (TPSA) is 52.7 Å². The first-order valence-corrected chi connectivity index (χ1v) is 6.52. The lowest BCUT2D eigenvalue weighted by Crippen LogP contribution is -2.53. The van der Waals surface area contributed by atoms with Crippen LogP contribution in [0.3, 0.4) is 0 Å². The Morgan fingerprint density at radius 1 is 1.28 bits per heavy atom. The molecule has 0 saturated carbocycles. The van der Waals surface area contributed by atoms with Crippen LogP contribution < -0.4 is 5.84 Å². The SMILES string of the molecule is CC(N(C)N)N1CCC(O)(c2ccccc2)CC1. The van der Waals surface area contributed by atoms with Crippen molar-refractivity contribution in [1.29, 1.82) is 0 Å². The van der Waals surface area contributed by atoms with Gasteiger partial charge in [-0.2, -0.15) is 0 Å². The summed E-state index contributed by atoms with van der Waals surface area (Å²) in [4.78, 5) is 2.30. The van der Waals surface area contributed by atoms with Gasteiger partial charge in [0.05, 0.1) is 11.8 Å². The van der Waals surface area contributed by atoms with Crippen LogP contribution in [-0.4, -0.2) is 41.3 Å². The van der Waals surface area contributed by atoms with E-state index in [1.807, 2.05) is 37.4 Å². The van der Waals surface area contributed by atoms with Crippen LogP contribution in [0.1, 0.15) is 25.3 Å². The normalized spacial score (nSPS) is 22.1. The van der Waals surface area contributed by atoms with Gasteiger partial charge in [-0.3, -0.25) is 10.7 Å². The molecule has 1 atom stereocenters. The summed E-state index contributed by atoms with van der Waals surface area (Å²) in [6.45, 7) is 3.83. The van der Waals surface area contributed by atoms with Gasteiger partial charge in [-0.15, -0.1) is 0 Å². The minimum atomic E-state index is -0.676. The van der Waals surface area contributed by atoms with E-state index in [1.165, 1.54) is 0 Å². The Balaban J connectivity index is 2.02. The molecule has 0 aliphatic carbocycles. The summed E-state index contributed by atoms with van der Waals surface area (Å²) in [5.41, 5.74) is 0.350. The van der Waals surface area contributed by atoms with Gasteiger partial charge in [0.15, 0.2) is 0 Å². The van der Waals surface area contributed by atoms with Gasteiger partial charge in [-0.05, 0) is 25.3 Å². The lowest BCUT2D eigenvalue weighted by Gasteiger charge is -2.42. The molecular formula is C14H23N3O. The first kappa shape index (κ1) is 13.5. The third-order valence-corrected chi connectivity index (χ3v) is 4.05. The van der Waals surface area contributed by atoms with Crippen LogP contribution in [-0.2, 0) is 5.60 Å². The lowest BCUT2D eigenvalue weighted by molar-refractivity contribution is -0.0532. The van der Waals surface area contributed by atoms with E-state index in [9.17, 15) is 5.11 Å². The van der Waals surface area contributed by atoms with Crippen LogP contribution in [0.5, 0.6) is 0 Å². The molecule has 3 N–H and O–H groups in total. The second-order valence-corrected chi connectivity index (χ2v) is 5.23. The fourth-order valence-electron chi connectivity index (χ4n) is 2.56. The van der Waals surface area contributed by atoms with Gasteiger partial charge in [0.2, 0.25) is 0 Å². The van der Waals surface area contributed by atoms with Gasteiger partial charge >= 0.3 is 0 Å². The van der Waals surface area contributed by atoms with E-state index < -0.39 is 5.60 Å². The smallest absolute Gasteiger partial charge is 0.0920 e. The van der Waals surface area contributed by atoms with Crippen molar-refractivity contribution in [3.63, 3.8) is 0 Å². The highest BCUT2D eigenvalue weighted by atomic mass is 16.3. The van der Waals surface area contributed by atoms with Crippen molar-refractivity contribution in [2.24, 2.45) is 5.84 Å². The van der Waals surface area contributed by atoms with Gasteiger partial charge in [-0.1, -0.05) is 30.3 Å². The molecule has 1 unspecified atom stereocenters. The summed E-state index contributed by atoms with van der Waals surface area (Å²) >= 11 is 0. The highest BCUT2D eigenvalue weighted by molar-refractivity contribution is 5.22. The largest absolute Gasteiger partial charge is 0.385 e. The minimum absolute atomic E-state index is 0.213. The third kappa shape index (κ3) is 2.72. The molecule has 1 fully saturated rings. The van der Waals surface area contributed by atoms with Crippen LogP contribution >= 0.6 is 0 Å². The molecule has 1 aromatic rings. The molecule has 0 radical (unpaired) electrons. The van der Waals surface area contributed by atoms with Crippen molar-refractivity contribution < 1.29 is 5.11 Å². The highest BCUT2D eigenvalue weighted by Crippen LogP contribution is 2.33. The molecule has 0 aromatic heterocycles. The molecule has 1 saturated heterocycles. The van der Waals surface area contributed by atoms with Gasteiger partial charge in [-0.25, -0.2) is 5.01 Å². The van der Waals surface area contributed by atoms with Crippen molar-refractivity contribution >= 4 is 0 Å². The van der Waals surface area contributed by atoms with E-state index in [2.05, 4.69) is 11.8 Å². The van der Waals surface area contributed by atoms with E-state index in [-0.39, 0.29) is 6.17 Å². The molecule has 1 aliphatic heterocycles. The second-order valence-electron chi connectivity index (χ2n) is 5.23. The average Bonchev–Trinajstić information content (AvgIpc) is 2.40. The molecule has 18 heavy (non-hydrogen) atoms. The fourth-order valence-corrected chi connectivity index (χ4v) is 2.56. The Hall–Kier alpha value is -0.940. The number of benzene rings is 1. The van der Waals surface area contributed by atoms with Crippen LogP contribution in [0.4, 0.5) is 0 Å². The maximum absolute atomic E-state index is 10.7. The van der Waals surface area contributed by atoms with E-state index in [0.29, 0.717) is 0 Å². The maximum atomic E-state index is 10.7. The number of hydrazine groups is 1. The van der Waals surface area contributed by atoms with E-state index in [1.54, 1.807) is 5.01 Å². The van der Waals surface area contributed by atoms with Gasteiger partial charge < -0.3 is 5.11 Å². The van der Waals surface area contributed by atoms with Crippen LogP contribution in [0.15, 0.2) is 30.3 Å². The fraction of sp³-hybridized carbons (Fsp3) is 0.571. The zero-order valence-corrected chi connectivity index (χ0v) is 11.2. The molecule has 1 aliphatic rings. The maximum Gasteiger partial charge on any atom is 0.0920 e. The number of piperidine rings is 1.